The lowest BCUT2D eigenvalue weighted by Crippen LogP contribution is -2.25. The molecule has 1 heterocycles. The molecule has 0 aliphatic rings. The molecule has 2 rings (SSSR count). The molecule has 17 heavy (non-hydrogen) atoms. The number of fused-ring (bicyclic) bond motifs is 1. The van der Waals surface area contributed by atoms with Gasteiger partial charge >= 0.3 is 0 Å². The number of aryl methyl sites for hydroxylation is 3. The van der Waals surface area contributed by atoms with Gasteiger partial charge < -0.3 is 15.4 Å². The predicted octanol–water partition coefficient (Wildman–Crippen LogP) is 1.36. The van der Waals surface area contributed by atoms with E-state index >= 15 is 0 Å². The average molecular weight is 233 g/mol. The first kappa shape index (κ1) is 12.1. The highest BCUT2D eigenvalue weighted by atomic mass is 16.3. The van der Waals surface area contributed by atoms with Crippen LogP contribution in [0.4, 0.5) is 0 Å². The number of aliphatic hydroxyl groups excluding tert-OH is 1. The lowest BCUT2D eigenvalue weighted by Gasteiger charge is -2.09. The molecule has 3 N–H and O–H groups in total. The standard InChI is InChI=1S/C13H19N3O/c1-9-5-12-13(6-10(9)2)16(8-15-12)4-3-11(14)7-17/h5-6,8,11,17H,3-4,7,14H2,1-2H3. The monoisotopic (exact) mass is 233 g/mol. The molecule has 0 aliphatic carbocycles. The Morgan fingerprint density at radius 1 is 1.35 bits per heavy atom. The van der Waals surface area contributed by atoms with Gasteiger partial charge in [0.05, 0.1) is 24.0 Å². The number of rotatable bonds is 4. The van der Waals surface area contributed by atoms with Gasteiger partial charge in [-0.15, -0.1) is 0 Å². The molecule has 0 saturated carbocycles. The van der Waals surface area contributed by atoms with Crippen LogP contribution in [0.25, 0.3) is 11.0 Å². The summed E-state index contributed by atoms with van der Waals surface area (Å²) in [5.41, 5.74) is 10.4. The first-order valence-corrected chi connectivity index (χ1v) is 5.90. The van der Waals surface area contributed by atoms with Gasteiger partial charge in [0.15, 0.2) is 0 Å². The third-order valence-corrected chi connectivity index (χ3v) is 3.21. The second kappa shape index (κ2) is 4.85. The van der Waals surface area contributed by atoms with Gasteiger partial charge in [-0.2, -0.15) is 0 Å². The van der Waals surface area contributed by atoms with Crippen LogP contribution in [0.2, 0.25) is 0 Å². The first-order chi connectivity index (χ1) is 8.11. The molecule has 4 nitrogen and oxygen atoms in total. The van der Waals surface area contributed by atoms with E-state index in [-0.39, 0.29) is 12.6 Å². The predicted molar refractivity (Wildman–Crippen MR) is 68.9 cm³/mol. The Hall–Kier alpha value is -1.39. The minimum absolute atomic E-state index is 0.0325. The minimum atomic E-state index is -0.154. The topological polar surface area (TPSA) is 64.1 Å². The van der Waals surface area contributed by atoms with Crippen LogP contribution >= 0.6 is 0 Å². The summed E-state index contributed by atoms with van der Waals surface area (Å²) in [5.74, 6) is 0. The van der Waals surface area contributed by atoms with Crippen molar-refractivity contribution in [3.8, 4) is 0 Å². The Bertz CT molecular complexity index is 519. The van der Waals surface area contributed by atoms with E-state index in [1.54, 1.807) is 0 Å². The van der Waals surface area contributed by atoms with Gasteiger partial charge in [0.1, 0.15) is 0 Å². The molecule has 1 aromatic heterocycles. The second-order valence-corrected chi connectivity index (χ2v) is 4.59. The van der Waals surface area contributed by atoms with Gasteiger partial charge in [0.2, 0.25) is 0 Å². The van der Waals surface area contributed by atoms with Gasteiger partial charge in [-0.3, -0.25) is 0 Å². The minimum Gasteiger partial charge on any atom is -0.395 e. The third kappa shape index (κ3) is 2.48. The fraction of sp³-hybridized carbons (Fsp3) is 0.462. The molecular weight excluding hydrogens is 214 g/mol. The van der Waals surface area contributed by atoms with Crippen molar-refractivity contribution in [3.05, 3.63) is 29.6 Å². The van der Waals surface area contributed by atoms with Crippen molar-refractivity contribution in [3.63, 3.8) is 0 Å². The maximum absolute atomic E-state index is 8.91. The summed E-state index contributed by atoms with van der Waals surface area (Å²) in [5, 5.41) is 8.91. The molecule has 1 unspecified atom stereocenters. The Labute approximate surface area is 101 Å². The van der Waals surface area contributed by atoms with Crippen LogP contribution in [0.15, 0.2) is 18.5 Å². The van der Waals surface area contributed by atoms with E-state index in [4.69, 9.17) is 10.8 Å². The van der Waals surface area contributed by atoms with E-state index in [0.29, 0.717) is 0 Å². The number of aliphatic hydroxyl groups is 1. The zero-order valence-corrected chi connectivity index (χ0v) is 10.3. The Balaban J connectivity index is 2.26. The van der Waals surface area contributed by atoms with Crippen LogP contribution in [0.5, 0.6) is 0 Å². The number of nitrogens with zero attached hydrogens (tertiary/aromatic N) is 2. The molecule has 0 saturated heterocycles. The molecule has 0 radical (unpaired) electrons. The van der Waals surface area contributed by atoms with Crippen LogP contribution in [0.3, 0.4) is 0 Å². The average Bonchev–Trinajstić information content (AvgIpc) is 2.69. The van der Waals surface area contributed by atoms with E-state index in [0.717, 1.165) is 24.0 Å². The van der Waals surface area contributed by atoms with Crippen molar-refractivity contribution in [2.75, 3.05) is 6.61 Å². The van der Waals surface area contributed by atoms with Crippen molar-refractivity contribution in [2.24, 2.45) is 5.73 Å². The van der Waals surface area contributed by atoms with Crippen LogP contribution in [0, 0.1) is 13.8 Å². The molecule has 92 valence electrons. The van der Waals surface area contributed by atoms with Gasteiger partial charge in [0.25, 0.3) is 0 Å². The molecule has 0 spiro atoms. The zero-order chi connectivity index (χ0) is 12.4. The first-order valence-electron chi connectivity index (χ1n) is 5.90. The van der Waals surface area contributed by atoms with Crippen LogP contribution in [-0.4, -0.2) is 27.3 Å². The number of benzene rings is 1. The molecule has 0 amide bonds. The smallest absolute Gasteiger partial charge is 0.0958 e. The third-order valence-electron chi connectivity index (χ3n) is 3.21. The summed E-state index contributed by atoms with van der Waals surface area (Å²) in [6.45, 7) is 5.02. The summed E-state index contributed by atoms with van der Waals surface area (Å²) in [4.78, 5) is 4.38. The zero-order valence-electron chi connectivity index (χ0n) is 10.3. The van der Waals surface area contributed by atoms with Crippen LogP contribution in [0.1, 0.15) is 17.5 Å². The quantitative estimate of drug-likeness (QED) is 0.838. The van der Waals surface area contributed by atoms with E-state index in [2.05, 4.69) is 35.5 Å². The fourth-order valence-corrected chi connectivity index (χ4v) is 1.89. The van der Waals surface area contributed by atoms with Gasteiger partial charge in [0, 0.05) is 12.6 Å². The number of nitrogens with two attached hydrogens (primary N) is 1. The molecule has 4 heteroatoms. The number of imidazole rings is 1. The summed E-state index contributed by atoms with van der Waals surface area (Å²) in [6.07, 6.45) is 2.60. The SMILES string of the molecule is Cc1cc2ncn(CCC(N)CO)c2cc1C. The molecule has 1 aromatic carbocycles. The number of hydrogen-bond acceptors (Lipinski definition) is 3. The summed E-state index contributed by atoms with van der Waals surface area (Å²) in [6, 6.07) is 4.11. The Kier molecular flexibility index (Phi) is 3.45. The molecule has 0 fully saturated rings. The summed E-state index contributed by atoms with van der Waals surface area (Å²) >= 11 is 0. The molecular formula is C13H19N3O. The molecule has 1 atom stereocenters. The van der Waals surface area contributed by atoms with Crippen molar-refractivity contribution in [2.45, 2.75) is 32.9 Å². The highest BCUT2D eigenvalue weighted by Gasteiger charge is 2.06. The largest absolute Gasteiger partial charge is 0.395 e. The van der Waals surface area contributed by atoms with Crippen molar-refractivity contribution < 1.29 is 5.11 Å². The van der Waals surface area contributed by atoms with E-state index in [1.807, 2.05) is 6.33 Å². The Morgan fingerprint density at radius 2 is 2.06 bits per heavy atom. The second-order valence-electron chi connectivity index (χ2n) is 4.59. The fourth-order valence-electron chi connectivity index (χ4n) is 1.89. The molecule has 2 aromatic rings. The van der Waals surface area contributed by atoms with E-state index in [9.17, 15) is 0 Å². The van der Waals surface area contributed by atoms with Gasteiger partial charge in [-0.05, 0) is 43.5 Å². The maximum Gasteiger partial charge on any atom is 0.0958 e. The summed E-state index contributed by atoms with van der Waals surface area (Å²) in [7, 11) is 0. The van der Waals surface area contributed by atoms with Crippen molar-refractivity contribution in [1.82, 2.24) is 9.55 Å². The maximum atomic E-state index is 8.91. The highest BCUT2D eigenvalue weighted by Crippen LogP contribution is 2.18. The van der Waals surface area contributed by atoms with E-state index < -0.39 is 0 Å². The highest BCUT2D eigenvalue weighted by molar-refractivity contribution is 5.77. The van der Waals surface area contributed by atoms with Crippen molar-refractivity contribution >= 4 is 11.0 Å². The van der Waals surface area contributed by atoms with Crippen LogP contribution in [-0.2, 0) is 6.54 Å². The Morgan fingerprint density at radius 3 is 2.76 bits per heavy atom. The number of hydrogen-bond donors (Lipinski definition) is 2. The van der Waals surface area contributed by atoms with Gasteiger partial charge in [-0.25, -0.2) is 4.98 Å². The van der Waals surface area contributed by atoms with Gasteiger partial charge in [-0.1, -0.05) is 0 Å². The van der Waals surface area contributed by atoms with Crippen molar-refractivity contribution in [1.29, 1.82) is 0 Å². The normalized spacial score (nSPS) is 13.2. The summed E-state index contributed by atoms with van der Waals surface area (Å²) < 4.78 is 2.09. The lowest BCUT2D eigenvalue weighted by molar-refractivity contribution is 0.256. The van der Waals surface area contributed by atoms with E-state index in [1.165, 1.54) is 11.1 Å². The lowest BCUT2D eigenvalue weighted by atomic mass is 10.1. The van der Waals surface area contributed by atoms with Crippen LogP contribution < -0.4 is 5.73 Å². The molecule has 0 bridgehead atoms. The molecule has 0 aliphatic heterocycles. The number of aromatic nitrogens is 2.